The fourth-order valence-electron chi connectivity index (χ4n) is 1.80. The Hall–Kier alpha value is -0.790. The van der Waals surface area contributed by atoms with Crippen molar-refractivity contribution < 1.29 is 0 Å². The van der Waals surface area contributed by atoms with E-state index in [0.29, 0.717) is 6.04 Å². The predicted octanol–water partition coefficient (Wildman–Crippen LogP) is 4.22. The first-order valence-electron chi connectivity index (χ1n) is 6.24. The molecule has 1 rings (SSSR count). The predicted molar refractivity (Wildman–Crippen MR) is 76.7 cm³/mol. The van der Waals surface area contributed by atoms with Crippen LogP contribution in [0.2, 0.25) is 5.02 Å². The minimum absolute atomic E-state index is 0.418. The molecule has 0 amide bonds. The highest BCUT2D eigenvalue weighted by atomic mass is 35.5. The van der Waals surface area contributed by atoms with Gasteiger partial charge in [-0.25, -0.2) is 0 Å². The highest BCUT2D eigenvalue weighted by molar-refractivity contribution is 6.30. The quantitative estimate of drug-likeness (QED) is 0.747. The second-order valence-electron chi connectivity index (χ2n) is 4.64. The van der Waals surface area contributed by atoms with Crippen LogP contribution in [0.5, 0.6) is 0 Å². The van der Waals surface area contributed by atoms with Gasteiger partial charge >= 0.3 is 0 Å². The molecule has 0 radical (unpaired) electrons. The van der Waals surface area contributed by atoms with E-state index < -0.39 is 0 Å². The van der Waals surface area contributed by atoms with Crippen molar-refractivity contribution in [2.24, 2.45) is 0 Å². The molecule has 17 heavy (non-hydrogen) atoms. The zero-order chi connectivity index (χ0) is 12.7. The number of halogens is 1. The van der Waals surface area contributed by atoms with Crippen LogP contribution in [0, 0.1) is 0 Å². The monoisotopic (exact) mass is 251 g/mol. The van der Waals surface area contributed by atoms with Gasteiger partial charge in [-0.05, 0) is 50.9 Å². The molecule has 0 heterocycles. The summed E-state index contributed by atoms with van der Waals surface area (Å²) in [4.78, 5) is 0. The standard InChI is InChI=1S/C15H22ClN/c1-4-9-17-15(10-12(2)3)11-13-5-7-14(16)8-6-13/h5-8,10,15,17H,4,9,11H2,1-3H3. The molecule has 2 heteroatoms. The summed E-state index contributed by atoms with van der Waals surface area (Å²) in [7, 11) is 0. The first kappa shape index (κ1) is 14.3. The van der Waals surface area contributed by atoms with Crippen LogP contribution in [0.25, 0.3) is 0 Å². The fourth-order valence-corrected chi connectivity index (χ4v) is 1.92. The smallest absolute Gasteiger partial charge is 0.0406 e. The molecule has 0 aliphatic heterocycles. The molecular formula is C15H22ClN. The van der Waals surface area contributed by atoms with Crippen molar-refractivity contribution in [1.29, 1.82) is 0 Å². The number of hydrogen-bond donors (Lipinski definition) is 1. The van der Waals surface area contributed by atoms with Crippen molar-refractivity contribution in [2.45, 2.75) is 39.7 Å². The average Bonchev–Trinajstić information content (AvgIpc) is 2.28. The minimum atomic E-state index is 0.418. The lowest BCUT2D eigenvalue weighted by atomic mass is 10.0. The van der Waals surface area contributed by atoms with Gasteiger partial charge in [0.05, 0.1) is 0 Å². The summed E-state index contributed by atoms with van der Waals surface area (Å²) in [6.45, 7) is 7.53. The molecule has 0 aliphatic rings. The van der Waals surface area contributed by atoms with Gasteiger partial charge in [-0.2, -0.15) is 0 Å². The van der Waals surface area contributed by atoms with Crippen molar-refractivity contribution in [3.05, 3.63) is 46.5 Å². The van der Waals surface area contributed by atoms with Crippen molar-refractivity contribution >= 4 is 11.6 Å². The third kappa shape index (κ3) is 5.90. The molecule has 0 aromatic heterocycles. The molecule has 0 saturated carbocycles. The van der Waals surface area contributed by atoms with E-state index in [2.05, 4.69) is 44.3 Å². The van der Waals surface area contributed by atoms with Gasteiger partial charge in [0.25, 0.3) is 0 Å². The lowest BCUT2D eigenvalue weighted by Gasteiger charge is -2.15. The molecule has 1 aromatic rings. The Labute approximate surface area is 110 Å². The largest absolute Gasteiger partial charge is 0.310 e. The Balaban J connectivity index is 2.64. The summed E-state index contributed by atoms with van der Waals surface area (Å²) < 4.78 is 0. The maximum Gasteiger partial charge on any atom is 0.0406 e. The van der Waals surface area contributed by atoms with E-state index in [1.165, 1.54) is 11.1 Å². The summed E-state index contributed by atoms with van der Waals surface area (Å²) in [5, 5.41) is 4.35. The number of hydrogen-bond acceptors (Lipinski definition) is 1. The highest BCUT2D eigenvalue weighted by Gasteiger charge is 2.05. The molecule has 0 aliphatic carbocycles. The Morgan fingerprint density at radius 3 is 2.47 bits per heavy atom. The zero-order valence-electron chi connectivity index (χ0n) is 11.0. The van der Waals surface area contributed by atoms with E-state index in [1.807, 2.05) is 12.1 Å². The third-order valence-corrected chi connectivity index (χ3v) is 2.81. The van der Waals surface area contributed by atoms with Gasteiger partial charge in [0.1, 0.15) is 0 Å². The summed E-state index contributed by atoms with van der Waals surface area (Å²) in [5.74, 6) is 0. The first-order valence-corrected chi connectivity index (χ1v) is 6.62. The van der Waals surface area contributed by atoms with Crippen LogP contribution in [0.1, 0.15) is 32.8 Å². The van der Waals surface area contributed by atoms with Crippen molar-refractivity contribution in [2.75, 3.05) is 6.54 Å². The van der Waals surface area contributed by atoms with Crippen LogP contribution in [-0.2, 0) is 6.42 Å². The number of rotatable bonds is 6. The molecule has 0 saturated heterocycles. The van der Waals surface area contributed by atoms with Gasteiger partial charge in [0.2, 0.25) is 0 Å². The van der Waals surface area contributed by atoms with E-state index >= 15 is 0 Å². The van der Waals surface area contributed by atoms with Crippen LogP contribution in [-0.4, -0.2) is 12.6 Å². The van der Waals surface area contributed by atoms with Gasteiger partial charge in [-0.3, -0.25) is 0 Å². The Morgan fingerprint density at radius 1 is 1.29 bits per heavy atom. The molecule has 0 bridgehead atoms. The van der Waals surface area contributed by atoms with Crippen LogP contribution >= 0.6 is 11.6 Å². The molecule has 1 nitrogen and oxygen atoms in total. The van der Waals surface area contributed by atoms with E-state index in [1.54, 1.807) is 0 Å². The SMILES string of the molecule is CCCNC(C=C(C)C)Cc1ccc(Cl)cc1. The van der Waals surface area contributed by atoms with Gasteiger partial charge in [-0.15, -0.1) is 0 Å². The molecular weight excluding hydrogens is 230 g/mol. The van der Waals surface area contributed by atoms with Gasteiger partial charge in [0, 0.05) is 11.1 Å². The summed E-state index contributed by atoms with van der Waals surface area (Å²) in [5.41, 5.74) is 2.67. The number of allylic oxidation sites excluding steroid dienone is 1. The molecule has 1 aromatic carbocycles. The molecule has 1 N–H and O–H groups in total. The van der Waals surface area contributed by atoms with Crippen LogP contribution < -0.4 is 5.32 Å². The third-order valence-electron chi connectivity index (χ3n) is 2.56. The second-order valence-corrected chi connectivity index (χ2v) is 5.07. The summed E-state index contributed by atoms with van der Waals surface area (Å²) in [6, 6.07) is 8.53. The number of benzene rings is 1. The lowest BCUT2D eigenvalue weighted by molar-refractivity contribution is 0.582. The Morgan fingerprint density at radius 2 is 1.94 bits per heavy atom. The topological polar surface area (TPSA) is 12.0 Å². The summed E-state index contributed by atoms with van der Waals surface area (Å²) >= 11 is 5.89. The summed E-state index contributed by atoms with van der Waals surface area (Å²) in [6.07, 6.45) is 4.47. The average molecular weight is 252 g/mol. The van der Waals surface area contributed by atoms with Crippen molar-refractivity contribution in [1.82, 2.24) is 5.32 Å². The van der Waals surface area contributed by atoms with E-state index in [-0.39, 0.29) is 0 Å². The number of nitrogens with one attached hydrogen (secondary N) is 1. The van der Waals surface area contributed by atoms with Crippen LogP contribution in [0.15, 0.2) is 35.9 Å². The second kappa shape index (κ2) is 7.52. The van der Waals surface area contributed by atoms with E-state index in [9.17, 15) is 0 Å². The minimum Gasteiger partial charge on any atom is -0.310 e. The first-order chi connectivity index (χ1) is 8.11. The fraction of sp³-hybridized carbons (Fsp3) is 0.467. The maximum absolute atomic E-state index is 5.89. The van der Waals surface area contributed by atoms with E-state index in [0.717, 1.165) is 24.4 Å². The molecule has 1 unspecified atom stereocenters. The maximum atomic E-state index is 5.89. The van der Waals surface area contributed by atoms with Crippen molar-refractivity contribution in [3.63, 3.8) is 0 Å². The van der Waals surface area contributed by atoms with Crippen LogP contribution in [0.4, 0.5) is 0 Å². The van der Waals surface area contributed by atoms with Crippen molar-refractivity contribution in [3.8, 4) is 0 Å². The van der Waals surface area contributed by atoms with Gasteiger partial charge < -0.3 is 5.32 Å². The lowest BCUT2D eigenvalue weighted by Crippen LogP contribution is -2.30. The Kier molecular flexibility index (Phi) is 6.31. The van der Waals surface area contributed by atoms with E-state index in [4.69, 9.17) is 11.6 Å². The van der Waals surface area contributed by atoms with Gasteiger partial charge in [0.15, 0.2) is 0 Å². The molecule has 0 fully saturated rings. The zero-order valence-corrected chi connectivity index (χ0v) is 11.7. The molecule has 94 valence electrons. The normalized spacial score (nSPS) is 12.2. The molecule has 1 atom stereocenters. The highest BCUT2D eigenvalue weighted by Crippen LogP contribution is 2.12. The molecule has 0 spiro atoms. The van der Waals surface area contributed by atoms with Crippen LogP contribution in [0.3, 0.4) is 0 Å². The van der Waals surface area contributed by atoms with Gasteiger partial charge in [-0.1, -0.05) is 42.3 Å². The Bertz CT molecular complexity index is 350.